The zero-order chi connectivity index (χ0) is 13.0. The highest BCUT2D eigenvalue weighted by Crippen LogP contribution is 2.26. The fourth-order valence-electron chi connectivity index (χ4n) is 2.22. The molecule has 1 aromatic rings. The quantitative estimate of drug-likeness (QED) is 0.771. The van der Waals surface area contributed by atoms with E-state index in [1.165, 1.54) is 5.56 Å². The lowest BCUT2D eigenvalue weighted by Gasteiger charge is -2.27. The molecule has 0 aliphatic heterocycles. The van der Waals surface area contributed by atoms with Crippen molar-refractivity contribution in [3.63, 3.8) is 0 Å². The Morgan fingerprint density at radius 1 is 1.18 bits per heavy atom. The molecule has 0 saturated heterocycles. The second kappa shape index (κ2) is 6.77. The molecule has 1 unspecified atom stereocenters. The zero-order valence-electron chi connectivity index (χ0n) is 11.5. The van der Waals surface area contributed by atoms with Gasteiger partial charge in [-0.15, -0.1) is 11.3 Å². The van der Waals surface area contributed by atoms with Crippen molar-refractivity contribution in [2.75, 3.05) is 6.54 Å². The maximum absolute atomic E-state index is 5.96. The van der Waals surface area contributed by atoms with Crippen LogP contribution in [-0.2, 0) is 0 Å². The molecule has 0 saturated carbocycles. The SMILES string of the molecule is CC(NCC(C(C)C)C(C)C)c1csc(Cl)c1. The van der Waals surface area contributed by atoms with E-state index in [0.29, 0.717) is 6.04 Å². The van der Waals surface area contributed by atoms with Gasteiger partial charge in [0, 0.05) is 6.04 Å². The van der Waals surface area contributed by atoms with E-state index >= 15 is 0 Å². The molecule has 0 aliphatic rings. The van der Waals surface area contributed by atoms with E-state index in [1.54, 1.807) is 11.3 Å². The van der Waals surface area contributed by atoms with Crippen molar-refractivity contribution in [3.05, 3.63) is 21.3 Å². The van der Waals surface area contributed by atoms with Crippen LogP contribution in [0, 0.1) is 17.8 Å². The lowest BCUT2D eigenvalue weighted by molar-refractivity contribution is 0.268. The van der Waals surface area contributed by atoms with E-state index in [-0.39, 0.29) is 0 Å². The molecule has 3 heteroatoms. The summed E-state index contributed by atoms with van der Waals surface area (Å²) in [6.45, 7) is 12.5. The molecule has 0 aromatic carbocycles. The van der Waals surface area contributed by atoms with E-state index in [0.717, 1.165) is 28.6 Å². The van der Waals surface area contributed by atoms with Crippen molar-refractivity contribution < 1.29 is 0 Å². The Morgan fingerprint density at radius 2 is 1.76 bits per heavy atom. The number of nitrogens with one attached hydrogen (secondary N) is 1. The minimum Gasteiger partial charge on any atom is -0.310 e. The third-order valence-corrected chi connectivity index (χ3v) is 4.57. The van der Waals surface area contributed by atoms with Crippen molar-refractivity contribution in [1.82, 2.24) is 5.32 Å². The van der Waals surface area contributed by atoms with Crippen LogP contribution >= 0.6 is 22.9 Å². The monoisotopic (exact) mass is 273 g/mol. The summed E-state index contributed by atoms with van der Waals surface area (Å²) in [6, 6.07) is 2.45. The second-order valence-corrected chi connectivity index (χ2v) is 7.01. The maximum Gasteiger partial charge on any atom is 0.0931 e. The molecule has 1 atom stereocenters. The number of hydrogen-bond donors (Lipinski definition) is 1. The van der Waals surface area contributed by atoms with Crippen LogP contribution in [0.2, 0.25) is 4.34 Å². The standard InChI is InChI=1S/C14H24ClNS/c1-9(2)13(10(3)4)7-16-11(5)12-6-14(15)17-8-12/h6,8-11,13,16H,7H2,1-5H3. The van der Waals surface area contributed by atoms with Crippen LogP contribution < -0.4 is 5.32 Å². The Labute approximate surface area is 115 Å². The van der Waals surface area contributed by atoms with E-state index in [2.05, 4.69) is 51.4 Å². The molecule has 0 fully saturated rings. The third kappa shape index (κ3) is 4.61. The van der Waals surface area contributed by atoms with Crippen LogP contribution in [0.25, 0.3) is 0 Å². The van der Waals surface area contributed by atoms with Gasteiger partial charge in [-0.3, -0.25) is 0 Å². The summed E-state index contributed by atoms with van der Waals surface area (Å²) < 4.78 is 0.873. The molecule has 98 valence electrons. The van der Waals surface area contributed by atoms with Crippen molar-refractivity contribution in [2.45, 2.75) is 40.7 Å². The molecular weight excluding hydrogens is 250 g/mol. The summed E-state index contributed by atoms with van der Waals surface area (Å²) in [7, 11) is 0. The highest BCUT2D eigenvalue weighted by Gasteiger charge is 2.18. The predicted molar refractivity (Wildman–Crippen MR) is 78.9 cm³/mol. The second-order valence-electron chi connectivity index (χ2n) is 5.47. The summed E-state index contributed by atoms with van der Waals surface area (Å²) in [6.07, 6.45) is 0. The van der Waals surface area contributed by atoms with Gasteiger partial charge in [-0.25, -0.2) is 0 Å². The number of halogens is 1. The summed E-state index contributed by atoms with van der Waals surface area (Å²) >= 11 is 7.56. The average molecular weight is 274 g/mol. The molecule has 17 heavy (non-hydrogen) atoms. The molecule has 1 N–H and O–H groups in total. The Bertz CT molecular complexity index is 325. The highest BCUT2D eigenvalue weighted by molar-refractivity contribution is 7.14. The van der Waals surface area contributed by atoms with Crippen LogP contribution in [0.3, 0.4) is 0 Å². The van der Waals surface area contributed by atoms with Crippen molar-refractivity contribution in [2.24, 2.45) is 17.8 Å². The van der Waals surface area contributed by atoms with Gasteiger partial charge in [-0.1, -0.05) is 39.3 Å². The van der Waals surface area contributed by atoms with Crippen LogP contribution in [0.4, 0.5) is 0 Å². The van der Waals surface area contributed by atoms with E-state index in [1.807, 2.05) is 0 Å². The van der Waals surface area contributed by atoms with Gasteiger partial charge in [-0.05, 0) is 48.2 Å². The molecule has 1 aromatic heterocycles. The van der Waals surface area contributed by atoms with Crippen molar-refractivity contribution in [3.8, 4) is 0 Å². The summed E-state index contributed by atoms with van der Waals surface area (Å²) in [5, 5.41) is 5.76. The maximum atomic E-state index is 5.96. The normalized spacial score (nSPS) is 13.9. The topological polar surface area (TPSA) is 12.0 Å². The van der Waals surface area contributed by atoms with Crippen molar-refractivity contribution in [1.29, 1.82) is 0 Å². The summed E-state index contributed by atoms with van der Waals surface area (Å²) in [4.78, 5) is 0. The van der Waals surface area contributed by atoms with Gasteiger partial charge in [0.2, 0.25) is 0 Å². The van der Waals surface area contributed by atoms with Gasteiger partial charge in [0.25, 0.3) is 0 Å². The Kier molecular flexibility index (Phi) is 5.98. The summed E-state index contributed by atoms with van der Waals surface area (Å²) in [5.41, 5.74) is 1.30. The van der Waals surface area contributed by atoms with Gasteiger partial charge in [0.1, 0.15) is 0 Å². The number of hydrogen-bond acceptors (Lipinski definition) is 2. The Hall–Kier alpha value is -0.0500. The highest BCUT2D eigenvalue weighted by atomic mass is 35.5. The van der Waals surface area contributed by atoms with Crippen LogP contribution in [0.1, 0.15) is 46.2 Å². The molecular formula is C14H24ClNS. The predicted octanol–water partition coefficient (Wildman–Crippen LogP) is 4.98. The molecule has 0 aliphatic carbocycles. The minimum absolute atomic E-state index is 0.388. The van der Waals surface area contributed by atoms with Crippen LogP contribution in [0.15, 0.2) is 11.4 Å². The fourth-order valence-corrected chi connectivity index (χ4v) is 3.21. The third-order valence-electron chi connectivity index (χ3n) is 3.46. The molecule has 0 amide bonds. The molecule has 1 rings (SSSR count). The summed E-state index contributed by atoms with van der Waals surface area (Å²) in [5.74, 6) is 2.17. The molecule has 0 radical (unpaired) electrons. The van der Waals surface area contributed by atoms with Gasteiger partial charge in [0.05, 0.1) is 4.34 Å². The van der Waals surface area contributed by atoms with Gasteiger partial charge >= 0.3 is 0 Å². The zero-order valence-corrected chi connectivity index (χ0v) is 13.0. The fraction of sp³-hybridized carbons (Fsp3) is 0.714. The van der Waals surface area contributed by atoms with Crippen LogP contribution in [0.5, 0.6) is 0 Å². The number of thiophene rings is 1. The molecule has 1 nitrogen and oxygen atoms in total. The van der Waals surface area contributed by atoms with E-state index < -0.39 is 0 Å². The van der Waals surface area contributed by atoms with Gasteiger partial charge in [0.15, 0.2) is 0 Å². The van der Waals surface area contributed by atoms with E-state index in [9.17, 15) is 0 Å². The Balaban J connectivity index is 2.49. The lowest BCUT2D eigenvalue weighted by Crippen LogP contribution is -2.31. The lowest BCUT2D eigenvalue weighted by atomic mass is 9.85. The van der Waals surface area contributed by atoms with Crippen LogP contribution in [-0.4, -0.2) is 6.54 Å². The van der Waals surface area contributed by atoms with Gasteiger partial charge < -0.3 is 5.32 Å². The van der Waals surface area contributed by atoms with E-state index in [4.69, 9.17) is 11.6 Å². The first kappa shape index (κ1) is 15.0. The first-order chi connectivity index (χ1) is 7.91. The molecule has 1 heterocycles. The minimum atomic E-state index is 0.388. The largest absolute Gasteiger partial charge is 0.310 e. The van der Waals surface area contributed by atoms with Crippen molar-refractivity contribution >= 4 is 22.9 Å². The Morgan fingerprint density at radius 3 is 2.18 bits per heavy atom. The molecule has 0 bridgehead atoms. The first-order valence-electron chi connectivity index (χ1n) is 6.39. The smallest absolute Gasteiger partial charge is 0.0931 e. The first-order valence-corrected chi connectivity index (χ1v) is 7.65. The average Bonchev–Trinajstić information content (AvgIpc) is 2.63. The van der Waals surface area contributed by atoms with Gasteiger partial charge in [-0.2, -0.15) is 0 Å². The molecule has 0 spiro atoms. The number of rotatable bonds is 6.